The maximum Gasteiger partial charge on any atom is 0.222 e. The predicted octanol–water partition coefficient (Wildman–Crippen LogP) is 3.37. The lowest BCUT2D eigenvalue weighted by Gasteiger charge is -2.14. The molecule has 2 heterocycles. The van der Waals surface area contributed by atoms with E-state index in [1.807, 2.05) is 10.3 Å². The lowest BCUT2D eigenvalue weighted by atomic mass is 10.2. The van der Waals surface area contributed by atoms with Crippen molar-refractivity contribution in [3.05, 3.63) is 35.5 Å². The number of anilines is 1. The number of hydrogen-bond acceptors (Lipinski definition) is 4. The summed E-state index contributed by atoms with van der Waals surface area (Å²) < 4.78 is 12.9. The number of aromatic nitrogens is 1. The summed E-state index contributed by atoms with van der Waals surface area (Å²) in [5.74, 6) is 0.0293. The second-order valence-corrected chi connectivity index (χ2v) is 6.17. The predicted molar refractivity (Wildman–Crippen MR) is 86.4 cm³/mol. The third-order valence-electron chi connectivity index (χ3n) is 3.70. The fourth-order valence-electron chi connectivity index (χ4n) is 2.51. The molecule has 0 radical (unpaired) electrons. The Morgan fingerprint density at radius 3 is 2.86 bits per heavy atom. The number of likely N-dealkylation sites (tertiary alicyclic amines) is 1. The van der Waals surface area contributed by atoms with E-state index in [2.05, 4.69) is 10.3 Å². The van der Waals surface area contributed by atoms with Crippen molar-refractivity contribution in [1.82, 2.24) is 9.88 Å². The van der Waals surface area contributed by atoms with Crippen LogP contribution in [-0.2, 0) is 4.79 Å². The van der Waals surface area contributed by atoms with Crippen LogP contribution in [0.25, 0.3) is 11.3 Å². The smallest absolute Gasteiger partial charge is 0.222 e. The van der Waals surface area contributed by atoms with Gasteiger partial charge in [-0.3, -0.25) is 4.79 Å². The molecule has 6 heteroatoms. The van der Waals surface area contributed by atoms with Gasteiger partial charge in [-0.25, -0.2) is 9.37 Å². The SMILES string of the molecule is O=C1CCCN1CCCNc1nc(-c2ccc(F)cc2)cs1. The summed E-state index contributed by atoms with van der Waals surface area (Å²) in [5.41, 5.74) is 1.76. The van der Waals surface area contributed by atoms with Gasteiger partial charge in [-0.1, -0.05) is 0 Å². The first kappa shape index (κ1) is 15.0. The highest BCUT2D eigenvalue weighted by Crippen LogP contribution is 2.25. The highest BCUT2D eigenvalue weighted by atomic mass is 32.1. The highest BCUT2D eigenvalue weighted by Gasteiger charge is 2.18. The number of benzene rings is 1. The van der Waals surface area contributed by atoms with Crippen molar-refractivity contribution >= 4 is 22.4 Å². The molecule has 2 aromatic rings. The average molecular weight is 319 g/mol. The van der Waals surface area contributed by atoms with Gasteiger partial charge in [0, 0.05) is 37.0 Å². The van der Waals surface area contributed by atoms with Gasteiger partial charge in [0.1, 0.15) is 5.82 Å². The van der Waals surface area contributed by atoms with E-state index in [4.69, 9.17) is 0 Å². The van der Waals surface area contributed by atoms with Gasteiger partial charge in [0.05, 0.1) is 5.69 Å². The normalized spacial score (nSPS) is 14.6. The van der Waals surface area contributed by atoms with E-state index in [-0.39, 0.29) is 11.7 Å². The molecule has 1 N–H and O–H groups in total. The second-order valence-electron chi connectivity index (χ2n) is 5.31. The number of halogens is 1. The van der Waals surface area contributed by atoms with Crippen molar-refractivity contribution in [3.63, 3.8) is 0 Å². The molecule has 0 atom stereocenters. The zero-order chi connectivity index (χ0) is 15.4. The van der Waals surface area contributed by atoms with Crippen molar-refractivity contribution < 1.29 is 9.18 Å². The Bertz CT molecular complexity index is 641. The van der Waals surface area contributed by atoms with Crippen LogP contribution in [0, 0.1) is 5.82 Å². The molecule has 1 saturated heterocycles. The van der Waals surface area contributed by atoms with E-state index >= 15 is 0 Å². The Morgan fingerprint density at radius 2 is 2.14 bits per heavy atom. The van der Waals surface area contributed by atoms with Gasteiger partial charge < -0.3 is 10.2 Å². The first-order chi connectivity index (χ1) is 10.7. The monoisotopic (exact) mass is 319 g/mol. The molecule has 0 aliphatic carbocycles. The largest absolute Gasteiger partial charge is 0.361 e. The maximum atomic E-state index is 12.9. The van der Waals surface area contributed by atoms with Crippen molar-refractivity contribution in [2.75, 3.05) is 25.0 Å². The summed E-state index contributed by atoms with van der Waals surface area (Å²) in [5, 5.41) is 6.09. The van der Waals surface area contributed by atoms with Gasteiger partial charge in [0.25, 0.3) is 0 Å². The fourth-order valence-corrected chi connectivity index (χ4v) is 3.26. The Kier molecular flexibility index (Phi) is 4.68. The van der Waals surface area contributed by atoms with Crippen LogP contribution in [0.3, 0.4) is 0 Å². The van der Waals surface area contributed by atoms with Gasteiger partial charge in [0.15, 0.2) is 5.13 Å². The van der Waals surface area contributed by atoms with Crippen LogP contribution in [0.5, 0.6) is 0 Å². The van der Waals surface area contributed by atoms with E-state index in [1.165, 1.54) is 23.5 Å². The van der Waals surface area contributed by atoms with Gasteiger partial charge >= 0.3 is 0 Å². The molecule has 22 heavy (non-hydrogen) atoms. The molecule has 1 aromatic heterocycles. The van der Waals surface area contributed by atoms with Crippen LogP contribution < -0.4 is 5.32 Å². The van der Waals surface area contributed by atoms with E-state index in [0.29, 0.717) is 6.42 Å². The average Bonchev–Trinajstić information content (AvgIpc) is 3.14. The summed E-state index contributed by atoms with van der Waals surface area (Å²) >= 11 is 1.54. The minimum absolute atomic E-state index is 0.242. The fraction of sp³-hybridized carbons (Fsp3) is 0.375. The Hall–Kier alpha value is -1.95. The molecule has 1 fully saturated rings. The van der Waals surface area contributed by atoms with Crippen LogP contribution in [0.2, 0.25) is 0 Å². The third-order valence-corrected chi connectivity index (χ3v) is 4.50. The first-order valence-corrected chi connectivity index (χ1v) is 8.33. The topological polar surface area (TPSA) is 45.2 Å². The van der Waals surface area contributed by atoms with Gasteiger partial charge in [0.2, 0.25) is 5.91 Å². The van der Waals surface area contributed by atoms with Gasteiger partial charge in [-0.05, 0) is 37.1 Å². The van der Waals surface area contributed by atoms with E-state index in [9.17, 15) is 9.18 Å². The summed E-state index contributed by atoms with van der Waals surface area (Å²) in [7, 11) is 0. The lowest BCUT2D eigenvalue weighted by Crippen LogP contribution is -2.26. The maximum absolute atomic E-state index is 12.9. The molecule has 0 bridgehead atoms. The number of rotatable bonds is 6. The lowest BCUT2D eigenvalue weighted by molar-refractivity contribution is -0.127. The van der Waals surface area contributed by atoms with Crippen LogP contribution in [-0.4, -0.2) is 35.4 Å². The quantitative estimate of drug-likeness (QED) is 0.830. The first-order valence-electron chi connectivity index (χ1n) is 7.45. The minimum atomic E-state index is -0.242. The molecule has 116 valence electrons. The molecule has 3 rings (SSSR count). The third kappa shape index (κ3) is 3.62. The number of amides is 1. The summed E-state index contributed by atoms with van der Waals surface area (Å²) in [6, 6.07) is 6.34. The van der Waals surface area contributed by atoms with Crippen LogP contribution >= 0.6 is 11.3 Å². The summed E-state index contributed by atoms with van der Waals surface area (Å²) in [6.45, 7) is 2.49. The molecule has 0 unspecified atom stereocenters. The van der Waals surface area contributed by atoms with Crippen LogP contribution in [0.1, 0.15) is 19.3 Å². The molecule has 0 spiro atoms. The Balaban J connectivity index is 1.47. The number of carbonyl (C=O) groups excluding carboxylic acids is 1. The van der Waals surface area contributed by atoms with Crippen molar-refractivity contribution in [3.8, 4) is 11.3 Å². The summed E-state index contributed by atoms with van der Waals surface area (Å²) in [4.78, 5) is 17.9. The van der Waals surface area contributed by atoms with E-state index in [1.54, 1.807) is 12.1 Å². The Labute approximate surface area is 133 Å². The molecule has 4 nitrogen and oxygen atoms in total. The number of carbonyl (C=O) groups is 1. The molecule has 0 saturated carbocycles. The molecule has 1 aliphatic rings. The molecule has 1 amide bonds. The standard InChI is InChI=1S/C16H18FN3OS/c17-13-6-4-12(5-7-13)14-11-22-16(19-14)18-8-2-10-20-9-1-3-15(20)21/h4-7,11H,1-3,8-10H2,(H,18,19). The highest BCUT2D eigenvalue weighted by molar-refractivity contribution is 7.14. The second kappa shape index (κ2) is 6.87. The van der Waals surface area contributed by atoms with Crippen molar-refractivity contribution in [2.24, 2.45) is 0 Å². The Morgan fingerprint density at radius 1 is 1.32 bits per heavy atom. The van der Waals surface area contributed by atoms with Crippen molar-refractivity contribution in [2.45, 2.75) is 19.3 Å². The van der Waals surface area contributed by atoms with Crippen LogP contribution in [0.15, 0.2) is 29.6 Å². The van der Waals surface area contributed by atoms with Gasteiger partial charge in [-0.2, -0.15) is 0 Å². The zero-order valence-electron chi connectivity index (χ0n) is 12.2. The van der Waals surface area contributed by atoms with E-state index < -0.39 is 0 Å². The minimum Gasteiger partial charge on any atom is -0.361 e. The number of nitrogens with zero attached hydrogens (tertiary/aromatic N) is 2. The molecular weight excluding hydrogens is 301 g/mol. The molecule has 1 aromatic carbocycles. The van der Waals surface area contributed by atoms with Gasteiger partial charge in [-0.15, -0.1) is 11.3 Å². The summed E-state index contributed by atoms with van der Waals surface area (Å²) in [6.07, 6.45) is 2.60. The van der Waals surface area contributed by atoms with Crippen molar-refractivity contribution in [1.29, 1.82) is 0 Å². The van der Waals surface area contributed by atoms with E-state index in [0.717, 1.165) is 48.9 Å². The number of nitrogens with one attached hydrogen (secondary N) is 1. The zero-order valence-corrected chi connectivity index (χ0v) is 13.0. The molecular formula is C16H18FN3OS. The number of thiazole rings is 1. The molecule has 1 aliphatic heterocycles. The number of hydrogen-bond donors (Lipinski definition) is 1. The van der Waals surface area contributed by atoms with Crippen LogP contribution in [0.4, 0.5) is 9.52 Å².